The molecule has 0 aromatic rings. The first kappa shape index (κ1) is 16.1. The van der Waals surface area contributed by atoms with Crippen molar-refractivity contribution in [3.8, 4) is 0 Å². The average Bonchev–Trinajstić information content (AvgIpc) is 2.72. The third-order valence-corrected chi connectivity index (χ3v) is 4.98. The van der Waals surface area contributed by atoms with Gasteiger partial charge in [-0.1, -0.05) is 6.92 Å². The molecule has 0 spiro atoms. The minimum atomic E-state index is 0. The van der Waals surface area contributed by atoms with Crippen molar-refractivity contribution in [1.29, 1.82) is 0 Å². The average molecular weight is 302 g/mol. The summed E-state index contributed by atoms with van der Waals surface area (Å²) < 4.78 is 0. The lowest BCUT2D eigenvalue weighted by atomic mass is 10.0. The van der Waals surface area contributed by atoms with Crippen molar-refractivity contribution >= 4 is 18.3 Å². The van der Waals surface area contributed by atoms with Gasteiger partial charge in [-0.05, 0) is 38.0 Å². The van der Waals surface area contributed by atoms with Gasteiger partial charge in [0.2, 0.25) is 5.91 Å². The van der Waals surface area contributed by atoms with Gasteiger partial charge in [0.1, 0.15) is 0 Å². The Kier molecular flexibility index (Phi) is 5.70. The zero-order valence-corrected chi connectivity index (χ0v) is 13.3. The smallest absolute Gasteiger partial charge is 0.236 e. The number of likely N-dealkylation sites (tertiary alicyclic amines) is 2. The standard InChI is InChI=1S/C15H27N3O.ClH/c1-12-3-2-7-18(9-12)15(19)11-17-8-6-13-4-5-14(10-17)16-13;/h12-14,16H,2-11H2,1H3;1H. The largest absolute Gasteiger partial charge is 0.341 e. The van der Waals surface area contributed by atoms with Crippen LogP contribution in [-0.2, 0) is 4.79 Å². The van der Waals surface area contributed by atoms with Gasteiger partial charge in [0.25, 0.3) is 0 Å². The van der Waals surface area contributed by atoms with E-state index in [1.54, 1.807) is 0 Å². The highest BCUT2D eigenvalue weighted by Gasteiger charge is 2.31. The highest BCUT2D eigenvalue weighted by molar-refractivity contribution is 5.85. The van der Waals surface area contributed by atoms with E-state index in [0.717, 1.165) is 26.2 Å². The van der Waals surface area contributed by atoms with Crippen LogP contribution in [0.2, 0.25) is 0 Å². The number of amides is 1. The van der Waals surface area contributed by atoms with E-state index < -0.39 is 0 Å². The van der Waals surface area contributed by atoms with Gasteiger partial charge in [0.15, 0.2) is 0 Å². The summed E-state index contributed by atoms with van der Waals surface area (Å²) in [4.78, 5) is 16.9. The van der Waals surface area contributed by atoms with E-state index in [4.69, 9.17) is 0 Å². The van der Waals surface area contributed by atoms with Crippen molar-refractivity contribution in [1.82, 2.24) is 15.1 Å². The molecule has 3 unspecified atom stereocenters. The minimum absolute atomic E-state index is 0. The zero-order chi connectivity index (χ0) is 13.2. The minimum Gasteiger partial charge on any atom is -0.341 e. The van der Waals surface area contributed by atoms with E-state index in [1.807, 2.05) is 0 Å². The molecule has 2 bridgehead atoms. The van der Waals surface area contributed by atoms with Crippen LogP contribution < -0.4 is 5.32 Å². The molecule has 3 aliphatic rings. The number of carbonyl (C=O) groups is 1. The van der Waals surface area contributed by atoms with Crippen LogP contribution in [-0.4, -0.2) is 60.5 Å². The Morgan fingerprint density at radius 1 is 1.10 bits per heavy atom. The number of nitrogens with one attached hydrogen (secondary N) is 1. The molecular weight excluding hydrogens is 274 g/mol. The maximum atomic E-state index is 12.4. The molecule has 0 aromatic carbocycles. The Morgan fingerprint density at radius 2 is 1.90 bits per heavy atom. The van der Waals surface area contributed by atoms with Gasteiger partial charge in [-0.15, -0.1) is 12.4 Å². The molecular formula is C15H28ClN3O. The van der Waals surface area contributed by atoms with E-state index >= 15 is 0 Å². The maximum absolute atomic E-state index is 12.4. The van der Waals surface area contributed by atoms with Crippen molar-refractivity contribution < 1.29 is 4.79 Å². The van der Waals surface area contributed by atoms with Crippen LogP contribution in [0.5, 0.6) is 0 Å². The van der Waals surface area contributed by atoms with E-state index in [2.05, 4.69) is 22.0 Å². The fourth-order valence-electron chi connectivity index (χ4n) is 3.87. The van der Waals surface area contributed by atoms with Crippen LogP contribution in [0.25, 0.3) is 0 Å². The second-order valence-electron chi connectivity index (χ2n) is 6.75. The first-order chi connectivity index (χ1) is 9.20. The summed E-state index contributed by atoms with van der Waals surface area (Å²) in [5.41, 5.74) is 0. The van der Waals surface area contributed by atoms with Crippen molar-refractivity contribution in [2.45, 2.75) is 51.1 Å². The van der Waals surface area contributed by atoms with Gasteiger partial charge >= 0.3 is 0 Å². The van der Waals surface area contributed by atoms with E-state index in [-0.39, 0.29) is 12.4 Å². The Labute approximate surface area is 128 Å². The number of rotatable bonds is 2. The van der Waals surface area contributed by atoms with Crippen LogP contribution in [0.3, 0.4) is 0 Å². The molecule has 3 rings (SSSR count). The molecule has 3 saturated heterocycles. The summed E-state index contributed by atoms with van der Waals surface area (Å²) >= 11 is 0. The van der Waals surface area contributed by atoms with Crippen LogP contribution >= 0.6 is 12.4 Å². The molecule has 0 saturated carbocycles. The van der Waals surface area contributed by atoms with Crippen LogP contribution in [0.15, 0.2) is 0 Å². The first-order valence-corrected chi connectivity index (χ1v) is 7.97. The third-order valence-electron chi connectivity index (χ3n) is 4.98. The number of piperidine rings is 1. The highest BCUT2D eigenvalue weighted by atomic mass is 35.5. The van der Waals surface area contributed by atoms with Gasteiger partial charge in [-0.25, -0.2) is 0 Å². The fraction of sp³-hybridized carbons (Fsp3) is 0.933. The monoisotopic (exact) mass is 301 g/mol. The summed E-state index contributed by atoms with van der Waals surface area (Å²) in [5.74, 6) is 1.03. The normalized spacial score (nSPS) is 34.5. The summed E-state index contributed by atoms with van der Waals surface area (Å²) in [6, 6.07) is 1.33. The molecule has 0 aliphatic carbocycles. The predicted molar refractivity (Wildman–Crippen MR) is 83.2 cm³/mol. The number of fused-ring (bicyclic) bond motifs is 2. The lowest BCUT2D eigenvalue weighted by molar-refractivity contribution is -0.134. The van der Waals surface area contributed by atoms with E-state index in [1.165, 1.54) is 32.1 Å². The number of nitrogens with zero attached hydrogens (tertiary/aromatic N) is 2. The second kappa shape index (κ2) is 7.10. The number of hydrogen-bond donors (Lipinski definition) is 1. The van der Waals surface area contributed by atoms with Crippen LogP contribution in [0.4, 0.5) is 0 Å². The van der Waals surface area contributed by atoms with Gasteiger partial charge in [0.05, 0.1) is 6.54 Å². The van der Waals surface area contributed by atoms with E-state index in [0.29, 0.717) is 30.5 Å². The highest BCUT2D eigenvalue weighted by Crippen LogP contribution is 2.21. The summed E-state index contributed by atoms with van der Waals surface area (Å²) in [6.45, 7) is 6.99. The van der Waals surface area contributed by atoms with Gasteiger partial charge < -0.3 is 10.2 Å². The van der Waals surface area contributed by atoms with Crippen molar-refractivity contribution in [2.24, 2.45) is 5.92 Å². The zero-order valence-electron chi connectivity index (χ0n) is 12.5. The molecule has 1 N–H and O–H groups in total. The van der Waals surface area contributed by atoms with Crippen molar-refractivity contribution in [2.75, 3.05) is 32.7 Å². The molecule has 20 heavy (non-hydrogen) atoms. The molecule has 3 atom stereocenters. The Bertz CT molecular complexity index is 339. The van der Waals surface area contributed by atoms with Crippen molar-refractivity contribution in [3.63, 3.8) is 0 Å². The lowest BCUT2D eigenvalue weighted by Gasteiger charge is -2.33. The van der Waals surface area contributed by atoms with Gasteiger partial charge in [0, 0.05) is 38.3 Å². The van der Waals surface area contributed by atoms with Crippen LogP contribution in [0.1, 0.15) is 39.0 Å². The molecule has 0 radical (unpaired) electrons. The van der Waals surface area contributed by atoms with E-state index in [9.17, 15) is 4.79 Å². The quantitative estimate of drug-likeness (QED) is 0.839. The number of halogens is 1. The molecule has 3 heterocycles. The van der Waals surface area contributed by atoms with Gasteiger partial charge in [-0.2, -0.15) is 0 Å². The first-order valence-electron chi connectivity index (χ1n) is 7.97. The predicted octanol–water partition coefficient (Wildman–Crippen LogP) is 1.49. The Hall–Kier alpha value is -0.320. The molecule has 3 aliphatic heterocycles. The topological polar surface area (TPSA) is 35.6 Å². The number of carbonyl (C=O) groups excluding carboxylic acids is 1. The molecule has 0 aromatic heterocycles. The summed E-state index contributed by atoms with van der Waals surface area (Å²) in [5, 5.41) is 3.68. The van der Waals surface area contributed by atoms with Crippen molar-refractivity contribution in [3.05, 3.63) is 0 Å². The maximum Gasteiger partial charge on any atom is 0.236 e. The summed E-state index contributed by atoms with van der Waals surface area (Å²) in [6.07, 6.45) is 6.28. The molecule has 116 valence electrons. The number of hydrogen-bond acceptors (Lipinski definition) is 3. The second-order valence-corrected chi connectivity index (χ2v) is 6.75. The Morgan fingerprint density at radius 3 is 2.70 bits per heavy atom. The lowest BCUT2D eigenvalue weighted by Crippen LogP contribution is -2.46. The fourth-order valence-corrected chi connectivity index (χ4v) is 3.87. The Balaban J connectivity index is 0.00000147. The third kappa shape index (κ3) is 3.86. The van der Waals surface area contributed by atoms with Crippen LogP contribution in [0, 0.1) is 5.92 Å². The molecule has 4 nitrogen and oxygen atoms in total. The SMILES string of the molecule is CC1CCCN(C(=O)CN2CCC3CCC(C2)N3)C1.Cl. The molecule has 3 fully saturated rings. The molecule has 5 heteroatoms. The molecule has 1 amide bonds. The van der Waals surface area contributed by atoms with Gasteiger partial charge in [-0.3, -0.25) is 9.69 Å². The summed E-state index contributed by atoms with van der Waals surface area (Å²) in [7, 11) is 0.